The van der Waals surface area contributed by atoms with Crippen molar-refractivity contribution in [3.63, 3.8) is 0 Å². The van der Waals surface area contributed by atoms with Crippen molar-refractivity contribution in [3.8, 4) is 0 Å². The number of likely N-dealkylation sites (N-methyl/N-ethyl adjacent to an activating group) is 1. The lowest BCUT2D eigenvalue weighted by atomic mass is 10.1. The van der Waals surface area contributed by atoms with Crippen LogP contribution >= 0.6 is 0 Å². The summed E-state index contributed by atoms with van der Waals surface area (Å²) in [6, 6.07) is 9.96. The Hall–Kier alpha value is -4.30. The zero-order chi connectivity index (χ0) is 32.9. The smallest absolute Gasteiger partial charge is 0.416 e. The molecule has 3 aliphatic heterocycles. The van der Waals surface area contributed by atoms with E-state index in [2.05, 4.69) is 23.7 Å². The normalized spacial score (nSPS) is 18.8. The average Bonchev–Trinajstić information content (AvgIpc) is 3.41. The number of amidine groups is 1. The minimum absolute atomic E-state index is 0.0141. The van der Waals surface area contributed by atoms with E-state index in [0.717, 1.165) is 30.1 Å². The number of hydrogen-bond acceptors (Lipinski definition) is 6. The number of aliphatic imine (C=N–C) groups is 1. The Kier molecular flexibility index (Phi) is 10.3. The topological polar surface area (TPSA) is 85.8 Å². The van der Waals surface area contributed by atoms with Crippen molar-refractivity contribution in [1.82, 2.24) is 19.6 Å². The van der Waals surface area contributed by atoms with Crippen molar-refractivity contribution < 1.29 is 45.5 Å². The van der Waals surface area contributed by atoms with Crippen LogP contribution in [0.1, 0.15) is 42.5 Å². The predicted molar refractivity (Wildman–Crippen MR) is 151 cm³/mol. The van der Waals surface area contributed by atoms with Crippen LogP contribution in [0.5, 0.6) is 0 Å². The Labute approximate surface area is 256 Å². The minimum Gasteiger partial charge on any atom is -0.444 e. The third-order valence-electron chi connectivity index (χ3n) is 7.66. The highest BCUT2D eigenvalue weighted by Crippen LogP contribution is 2.36. The van der Waals surface area contributed by atoms with Crippen LogP contribution in [-0.2, 0) is 39.8 Å². The van der Waals surface area contributed by atoms with E-state index in [0.29, 0.717) is 12.1 Å². The molecule has 2 aromatic carbocycles. The maximum Gasteiger partial charge on any atom is 0.416 e. The summed E-state index contributed by atoms with van der Waals surface area (Å²) in [5.74, 6) is 0.522. The molecule has 0 spiro atoms. The van der Waals surface area contributed by atoms with Gasteiger partial charge in [0.05, 0.1) is 30.1 Å². The number of halogens is 6. The molecule has 0 radical (unpaired) electrons. The number of carbonyl (C=O) groups is 3. The first-order chi connectivity index (χ1) is 21.2. The summed E-state index contributed by atoms with van der Waals surface area (Å²) < 4.78 is 83.8. The molecule has 3 aliphatic rings. The van der Waals surface area contributed by atoms with Crippen molar-refractivity contribution in [1.29, 1.82) is 0 Å². The molecule has 9 nitrogen and oxygen atoms in total. The molecule has 45 heavy (non-hydrogen) atoms. The van der Waals surface area contributed by atoms with E-state index in [4.69, 9.17) is 4.74 Å². The monoisotopic (exact) mass is 641 g/mol. The lowest BCUT2D eigenvalue weighted by Gasteiger charge is -2.48. The lowest BCUT2D eigenvalue weighted by molar-refractivity contribution is -0.160. The van der Waals surface area contributed by atoms with E-state index in [1.807, 2.05) is 18.2 Å². The van der Waals surface area contributed by atoms with E-state index in [-0.39, 0.29) is 50.5 Å². The van der Waals surface area contributed by atoms with E-state index >= 15 is 0 Å². The summed E-state index contributed by atoms with van der Waals surface area (Å²) in [7, 11) is 0. The fourth-order valence-electron chi connectivity index (χ4n) is 5.26. The molecule has 1 unspecified atom stereocenters. The molecule has 2 fully saturated rings. The first-order valence-corrected chi connectivity index (χ1v) is 14.3. The molecule has 15 heteroatoms. The highest BCUT2D eigenvalue weighted by Gasteiger charge is 2.44. The van der Waals surface area contributed by atoms with Gasteiger partial charge in [-0.15, -0.1) is 0 Å². The Morgan fingerprint density at radius 1 is 0.911 bits per heavy atom. The third kappa shape index (κ3) is 8.45. The number of carbonyl (C=O) groups excluding carboxylic acids is 3. The minimum atomic E-state index is -5.04. The number of fused-ring (bicyclic) bond motifs is 1. The molecular formula is C30H33F6N5O4. The van der Waals surface area contributed by atoms with Gasteiger partial charge >= 0.3 is 18.4 Å². The molecule has 0 N–H and O–H groups in total. The van der Waals surface area contributed by atoms with Gasteiger partial charge < -0.3 is 19.4 Å². The summed E-state index contributed by atoms with van der Waals surface area (Å²) in [6.07, 6.45) is -12.1. The summed E-state index contributed by atoms with van der Waals surface area (Å²) >= 11 is 0. The van der Waals surface area contributed by atoms with E-state index in [1.165, 1.54) is 15.6 Å². The second-order valence-electron chi connectivity index (χ2n) is 10.7. The zero-order valence-electron chi connectivity index (χ0n) is 24.7. The molecule has 3 amide bonds. The van der Waals surface area contributed by atoms with Gasteiger partial charge in [0.1, 0.15) is 19.3 Å². The summed E-state index contributed by atoms with van der Waals surface area (Å²) in [5.41, 5.74) is -2.72. The van der Waals surface area contributed by atoms with Crippen LogP contribution in [0.2, 0.25) is 0 Å². The number of benzene rings is 2. The highest BCUT2D eigenvalue weighted by atomic mass is 19.4. The summed E-state index contributed by atoms with van der Waals surface area (Å²) in [6.45, 7) is 6.45. The van der Waals surface area contributed by atoms with Gasteiger partial charge in [-0.05, 0) is 43.2 Å². The van der Waals surface area contributed by atoms with Crippen LogP contribution in [0.3, 0.4) is 0 Å². The van der Waals surface area contributed by atoms with Gasteiger partial charge in [0.25, 0.3) is 0 Å². The number of alkyl halides is 6. The standard InChI is InChI=1S/C24H21F6N3O4.C6H12N2/c25-23(26,27)17-8-16(9-18(10-17)24(28,29)30)14-37-22(36)32-7-6-20(34)33-13-21(35)31(12-19(32)33)11-15-4-2-1-3-5-15;1-3-8-5-4-7-6(8)2/h1-5,8-10,19H,6-7,11-14H2;3-5H2,1-2H3. The van der Waals surface area contributed by atoms with Gasteiger partial charge in [-0.2, -0.15) is 26.3 Å². The van der Waals surface area contributed by atoms with Gasteiger partial charge in [-0.25, -0.2) is 4.79 Å². The van der Waals surface area contributed by atoms with Gasteiger partial charge in [0, 0.05) is 32.6 Å². The molecule has 5 rings (SSSR count). The zero-order valence-corrected chi connectivity index (χ0v) is 24.7. The molecule has 3 heterocycles. The van der Waals surface area contributed by atoms with Crippen LogP contribution in [0, 0.1) is 0 Å². The second-order valence-corrected chi connectivity index (χ2v) is 10.7. The van der Waals surface area contributed by atoms with Crippen LogP contribution in [0.15, 0.2) is 53.5 Å². The number of piperazine rings is 1. The Balaban J connectivity index is 0.000000501. The molecule has 2 saturated heterocycles. The van der Waals surface area contributed by atoms with Crippen molar-refractivity contribution in [2.45, 2.75) is 51.9 Å². The third-order valence-corrected chi connectivity index (χ3v) is 7.66. The van der Waals surface area contributed by atoms with Gasteiger partial charge in [-0.1, -0.05) is 30.3 Å². The van der Waals surface area contributed by atoms with Gasteiger partial charge in [-0.3, -0.25) is 19.5 Å². The number of nitrogens with zero attached hydrogens (tertiary/aromatic N) is 5. The first kappa shape index (κ1) is 33.6. The lowest BCUT2D eigenvalue weighted by Crippen LogP contribution is -2.67. The van der Waals surface area contributed by atoms with E-state index in [9.17, 15) is 40.7 Å². The average molecular weight is 642 g/mol. The molecule has 1 atom stereocenters. The quantitative estimate of drug-likeness (QED) is 0.429. The molecule has 2 aromatic rings. The maximum absolute atomic E-state index is 13.1. The SMILES string of the molecule is CCN1CCN=C1C.O=C1CN2C(=O)CCN(C(=O)OCc3cc(C(F)(F)F)cc(C(F)(F)F)c3)C2CN1Cc1ccccc1. The molecule has 0 bridgehead atoms. The highest BCUT2D eigenvalue weighted by molar-refractivity contribution is 5.88. The van der Waals surface area contributed by atoms with E-state index < -0.39 is 47.9 Å². The fraction of sp³-hybridized carbons (Fsp3) is 0.467. The van der Waals surface area contributed by atoms with Crippen molar-refractivity contribution in [3.05, 3.63) is 70.8 Å². The number of ether oxygens (including phenoxy) is 1. The van der Waals surface area contributed by atoms with Crippen LogP contribution in [0.25, 0.3) is 0 Å². The second kappa shape index (κ2) is 13.8. The predicted octanol–water partition coefficient (Wildman–Crippen LogP) is 5.00. The number of hydrogen-bond donors (Lipinski definition) is 0. The largest absolute Gasteiger partial charge is 0.444 e. The van der Waals surface area contributed by atoms with Crippen molar-refractivity contribution >= 4 is 23.7 Å². The maximum atomic E-state index is 13.1. The molecule has 0 saturated carbocycles. The Bertz CT molecular complexity index is 1380. The summed E-state index contributed by atoms with van der Waals surface area (Å²) in [4.78, 5) is 48.3. The molecular weight excluding hydrogens is 608 g/mol. The van der Waals surface area contributed by atoms with Crippen LogP contribution < -0.4 is 0 Å². The molecule has 244 valence electrons. The Morgan fingerprint density at radius 3 is 2.09 bits per heavy atom. The summed E-state index contributed by atoms with van der Waals surface area (Å²) in [5, 5.41) is 0. The first-order valence-electron chi connectivity index (χ1n) is 14.3. The van der Waals surface area contributed by atoms with Crippen molar-refractivity contribution in [2.75, 3.05) is 39.3 Å². The van der Waals surface area contributed by atoms with Gasteiger partial charge in [0.2, 0.25) is 11.8 Å². The molecule has 0 aliphatic carbocycles. The van der Waals surface area contributed by atoms with Crippen molar-refractivity contribution in [2.24, 2.45) is 4.99 Å². The number of amides is 3. The van der Waals surface area contributed by atoms with Gasteiger partial charge in [0.15, 0.2) is 0 Å². The van der Waals surface area contributed by atoms with Crippen LogP contribution in [-0.4, -0.2) is 88.8 Å². The van der Waals surface area contributed by atoms with Crippen LogP contribution in [0.4, 0.5) is 31.1 Å². The van der Waals surface area contributed by atoms with E-state index in [1.54, 1.807) is 12.1 Å². The molecule has 0 aromatic heterocycles. The fourth-order valence-corrected chi connectivity index (χ4v) is 5.26. The number of rotatable bonds is 5. The Morgan fingerprint density at radius 2 is 1.56 bits per heavy atom.